The molecule has 2 N–H and O–H groups in total. The van der Waals surface area contributed by atoms with Crippen LogP contribution in [0.25, 0.3) is 0 Å². The quantitative estimate of drug-likeness (QED) is 0.569. The second-order valence-electron chi connectivity index (χ2n) is 9.41. The molecule has 1 aliphatic rings. The lowest BCUT2D eigenvalue weighted by atomic mass is 10.0. The lowest BCUT2D eigenvalue weighted by Gasteiger charge is -2.37. The molecule has 2 amide bonds. The molecule has 0 fully saturated rings. The van der Waals surface area contributed by atoms with Gasteiger partial charge in [0, 0.05) is 44.1 Å². The van der Waals surface area contributed by atoms with Crippen molar-refractivity contribution in [3.63, 3.8) is 0 Å². The largest absolute Gasteiger partial charge is 0.487 e. The Morgan fingerprint density at radius 3 is 2.68 bits per heavy atom. The second kappa shape index (κ2) is 12.4. The summed E-state index contributed by atoms with van der Waals surface area (Å²) in [6, 6.07) is 4.05. The highest BCUT2D eigenvalue weighted by Gasteiger charge is 2.38. The van der Waals surface area contributed by atoms with Gasteiger partial charge in [-0.05, 0) is 37.5 Å². The molecule has 0 bridgehead atoms. The highest BCUT2D eigenvalue weighted by molar-refractivity contribution is 7.89. The highest BCUT2D eigenvalue weighted by Crippen LogP contribution is 2.34. The topological polar surface area (TPSA) is 99.2 Å². The Bertz CT molecular complexity index is 1000. The fraction of sp³-hybridized carbons (Fsp3) is 0.640. The number of nitrogens with one attached hydrogen (secondary N) is 1. The molecule has 34 heavy (non-hydrogen) atoms. The SMILES string of the molecule is CCCNC(=O)N(C)C[C@@H]1Oc2cc(C#CCC(C)C)ccc2S(=O)(=O)N([C@@H](C)CO)C[C@@H]1C. The summed E-state index contributed by atoms with van der Waals surface area (Å²) in [7, 11) is -2.22. The minimum absolute atomic E-state index is 0.0391. The number of ether oxygens (including phenoxy) is 1. The number of carbonyl (C=O) groups excluding carboxylic acids is 1. The molecule has 190 valence electrons. The highest BCUT2D eigenvalue weighted by atomic mass is 32.2. The molecule has 1 aromatic rings. The second-order valence-corrected chi connectivity index (χ2v) is 11.3. The van der Waals surface area contributed by atoms with E-state index in [-0.39, 0.29) is 42.3 Å². The van der Waals surface area contributed by atoms with Crippen LogP contribution in [0.4, 0.5) is 4.79 Å². The van der Waals surface area contributed by atoms with Gasteiger partial charge in [-0.3, -0.25) is 0 Å². The number of nitrogens with zero attached hydrogens (tertiary/aromatic N) is 2. The van der Waals surface area contributed by atoms with Crippen LogP contribution in [0.2, 0.25) is 0 Å². The molecule has 0 saturated carbocycles. The number of hydrogen-bond acceptors (Lipinski definition) is 5. The summed E-state index contributed by atoms with van der Waals surface area (Å²) >= 11 is 0. The number of sulfonamides is 1. The van der Waals surface area contributed by atoms with Crippen LogP contribution in [0, 0.1) is 23.7 Å². The average molecular weight is 494 g/mol. The minimum atomic E-state index is -3.91. The maximum Gasteiger partial charge on any atom is 0.317 e. The number of hydrogen-bond donors (Lipinski definition) is 2. The summed E-state index contributed by atoms with van der Waals surface area (Å²) < 4.78 is 34.6. The Hall–Kier alpha value is -2.28. The summed E-state index contributed by atoms with van der Waals surface area (Å²) in [6.07, 6.45) is 1.10. The average Bonchev–Trinajstić information content (AvgIpc) is 2.78. The number of benzene rings is 1. The summed E-state index contributed by atoms with van der Waals surface area (Å²) in [5, 5.41) is 12.6. The molecule has 0 saturated heterocycles. The van der Waals surface area contributed by atoms with E-state index in [1.165, 1.54) is 10.4 Å². The van der Waals surface area contributed by atoms with E-state index in [1.807, 2.05) is 13.8 Å². The van der Waals surface area contributed by atoms with E-state index in [9.17, 15) is 18.3 Å². The van der Waals surface area contributed by atoms with Crippen LogP contribution in [0.15, 0.2) is 23.1 Å². The van der Waals surface area contributed by atoms with Crippen LogP contribution >= 0.6 is 0 Å². The predicted octanol–water partition coefficient (Wildman–Crippen LogP) is 2.90. The first-order valence-corrected chi connectivity index (χ1v) is 13.4. The lowest BCUT2D eigenvalue weighted by molar-refractivity contribution is 0.0812. The molecule has 9 heteroatoms. The van der Waals surface area contributed by atoms with E-state index in [2.05, 4.69) is 31.0 Å². The summed E-state index contributed by atoms with van der Waals surface area (Å²) in [5.41, 5.74) is 0.664. The third-order valence-electron chi connectivity index (χ3n) is 5.74. The zero-order valence-corrected chi connectivity index (χ0v) is 22.0. The lowest BCUT2D eigenvalue weighted by Crippen LogP contribution is -2.51. The Labute approximate surface area is 204 Å². The van der Waals surface area contributed by atoms with Gasteiger partial charge in [-0.1, -0.05) is 39.5 Å². The van der Waals surface area contributed by atoms with Crippen molar-refractivity contribution >= 4 is 16.1 Å². The summed E-state index contributed by atoms with van der Waals surface area (Å²) in [5.74, 6) is 6.61. The molecule has 0 radical (unpaired) electrons. The first-order valence-electron chi connectivity index (χ1n) is 11.9. The molecule has 0 spiro atoms. The van der Waals surface area contributed by atoms with Crippen molar-refractivity contribution in [2.24, 2.45) is 11.8 Å². The van der Waals surface area contributed by atoms with Crippen molar-refractivity contribution < 1.29 is 23.1 Å². The predicted molar refractivity (Wildman–Crippen MR) is 133 cm³/mol. The maximum atomic E-state index is 13.5. The molecule has 0 aliphatic carbocycles. The summed E-state index contributed by atoms with van der Waals surface area (Å²) in [6.45, 7) is 10.4. The van der Waals surface area contributed by atoms with Gasteiger partial charge in [0.05, 0.1) is 13.2 Å². The van der Waals surface area contributed by atoms with E-state index >= 15 is 0 Å². The fourth-order valence-electron chi connectivity index (χ4n) is 3.60. The number of aliphatic hydroxyl groups is 1. The van der Waals surface area contributed by atoms with Crippen molar-refractivity contribution in [3.05, 3.63) is 23.8 Å². The number of fused-ring (bicyclic) bond motifs is 1. The molecule has 3 atom stereocenters. The maximum absolute atomic E-state index is 13.5. The Balaban J connectivity index is 2.48. The molecule has 0 aromatic heterocycles. The van der Waals surface area contributed by atoms with Gasteiger partial charge < -0.3 is 20.1 Å². The molecule has 1 aliphatic heterocycles. The van der Waals surface area contributed by atoms with E-state index < -0.39 is 22.2 Å². The molecular formula is C25H39N3O5S. The van der Waals surface area contributed by atoms with Gasteiger partial charge in [-0.25, -0.2) is 13.2 Å². The zero-order valence-electron chi connectivity index (χ0n) is 21.2. The zero-order chi connectivity index (χ0) is 25.5. The number of urea groups is 1. The fourth-order valence-corrected chi connectivity index (χ4v) is 5.42. The Kier molecular flexibility index (Phi) is 10.2. The van der Waals surface area contributed by atoms with Crippen molar-refractivity contribution in [1.29, 1.82) is 0 Å². The number of amides is 2. The number of carbonyl (C=O) groups is 1. The Morgan fingerprint density at radius 1 is 1.35 bits per heavy atom. The van der Waals surface area contributed by atoms with Crippen molar-refractivity contribution in [1.82, 2.24) is 14.5 Å². The van der Waals surface area contributed by atoms with Crippen molar-refractivity contribution in [3.8, 4) is 17.6 Å². The summed E-state index contributed by atoms with van der Waals surface area (Å²) in [4.78, 5) is 14.0. The normalized spacial score (nSPS) is 20.7. The van der Waals surface area contributed by atoms with Crippen molar-refractivity contribution in [2.45, 2.75) is 64.5 Å². The molecule has 0 unspecified atom stereocenters. The first kappa shape index (κ1) is 28.0. The van der Waals surface area contributed by atoms with Gasteiger partial charge in [-0.15, -0.1) is 0 Å². The van der Waals surface area contributed by atoms with Crippen LogP contribution in [0.5, 0.6) is 5.75 Å². The van der Waals surface area contributed by atoms with Gasteiger partial charge in [0.25, 0.3) is 0 Å². The van der Waals surface area contributed by atoms with E-state index in [0.29, 0.717) is 18.0 Å². The smallest absolute Gasteiger partial charge is 0.317 e. The monoisotopic (exact) mass is 493 g/mol. The number of rotatable bonds is 7. The van der Waals surface area contributed by atoms with E-state index in [4.69, 9.17) is 4.74 Å². The molecule has 1 heterocycles. The number of aliphatic hydroxyl groups excluding tert-OH is 1. The standard InChI is InChI=1S/C25H39N3O5S/c1-7-13-26-25(30)27(6)16-23-19(4)15-28(20(5)17-29)34(31,32)24-12-11-21(14-22(24)33-23)10-8-9-18(2)3/h11-12,14,18-20,23,29H,7,9,13,15-17H2,1-6H3,(H,26,30)/t19-,20-,23-/m0/s1. The van der Waals surface area contributed by atoms with Crippen LogP contribution in [-0.2, 0) is 10.0 Å². The van der Waals surface area contributed by atoms with Gasteiger partial charge in [0.2, 0.25) is 10.0 Å². The van der Waals surface area contributed by atoms with E-state index in [0.717, 1.165) is 12.8 Å². The first-order chi connectivity index (χ1) is 16.0. The third kappa shape index (κ3) is 7.11. The third-order valence-corrected chi connectivity index (χ3v) is 7.76. The Morgan fingerprint density at radius 2 is 2.06 bits per heavy atom. The van der Waals surface area contributed by atoms with E-state index in [1.54, 1.807) is 31.0 Å². The van der Waals surface area contributed by atoms with Gasteiger partial charge in [0.1, 0.15) is 16.7 Å². The number of likely N-dealkylation sites (N-methyl/N-ethyl adjacent to an activating group) is 1. The van der Waals surface area contributed by atoms with Gasteiger partial charge >= 0.3 is 6.03 Å². The molecular weight excluding hydrogens is 454 g/mol. The molecule has 1 aromatic carbocycles. The van der Waals surface area contributed by atoms with Crippen LogP contribution in [0.1, 0.15) is 53.0 Å². The van der Waals surface area contributed by atoms with Crippen LogP contribution in [-0.4, -0.2) is 74.2 Å². The molecule has 2 rings (SSSR count). The van der Waals surface area contributed by atoms with Gasteiger partial charge in [0.15, 0.2) is 0 Å². The minimum Gasteiger partial charge on any atom is -0.487 e. The van der Waals surface area contributed by atoms with Crippen molar-refractivity contribution in [2.75, 3.05) is 33.3 Å². The van der Waals surface area contributed by atoms with Crippen LogP contribution in [0.3, 0.4) is 0 Å². The van der Waals surface area contributed by atoms with Crippen LogP contribution < -0.4 is 10.1 Å². The molecule has 8 nitrogen and oxygen atoms in total. The van der Waals surface area contributed by atoms with Gasteiger partial charge in [-0.2, -0.15) is 4.31 Å².